The largest absolute Gasteiger partial charge is 0.455 e. The summed E-state index contributed by atoms with van der Waals surface area (Å²) < 4.78 is 6.37. The number of benzene rings is 9. The lowest BCUT2D eigenvalue weighted by Gasteiger charge is -2.33. The smallest absolute Gasteiger partial charge is 0.160 e. The van der Waals surface area contributed by atoms with Crippen LogP contribution in [0.15, 0.2) is 235 Å². The Morgan fingerprint density at radius 3 is 1.53 bits per heavy atom. The van der Waals surface area contributed by atoms with Crippen molar-refractivity contribution in [2.24, 2.45) is 0 Å². The van der Waals surface area contributed by atoms with Gasteiger partial charge in [-0.15, -0.1) is 0 Å². The summed E-state index contributed by atoms with van der Waals surface area (Å²) in [5, 5.41) is 2.25. The van der Waals surface area contributed by atoms with Crippen LogP contribution in [0.4, 0.5) is 0 Å². The van der Waals surface area contributed by atoms with E-state index in [0.717, 1.165) is 66.7 Å². The second-order valence-corrected chi connectivity index (χ2v) is 16.1. The maximum Gasteiger partial charge on any atom is 0.160 e. The SMILES string of the molecule is c1ccc(-c2nc(-c3ccc(-c4ccc5c(c4)-c4ccccc4C5(c4ccccc4)c4ccccc4)cc3)cc(-c3ccc(-c4cccc5c4oc4ccccc45)cc3)n2)cc1. The molecule has 0 fully saturated rings. The summed E-state index contributed by atoms with van der Waals surface area (Å²) in [5.74, 6) is 0.691. The molecule has 0 radical (unpaired) electrons. The van der Waals surface area contributed by atoms with Crippen molar-refractivity contribution in [1.82, 2.24) is 9.97 Å². The van der Waals surface area contributed by atoms with E-state index in [1.54, 1.807) is 0 Å². The third-order valence-electron chi connectivity index (χ3n) is 12.6. The normalized spacial score (nSPS) is 12.6. The van der Waals surface area contributed by atoms with Crippen LogP contribution in [0.3, 0.4) is 0 Å². The van der Waals surface area contributed by atoms with Crippen LogP contribution in [0.2, 0.25) is 0 Å². The summed E-state index contributed by atoms with van der Waals surface area (Å²) >= 11 is 0. The molecule has 12 rings (SSSR count). The van der Waals surface area contributed by atoms with E-state index in [-0.39, 0.29) is 0 Å². The molecule has 11 aromatic rings. The van der Waals surface area contributed by atoms with Crippen molar-refractivity contribution in [2.75, 3.05) is 0 Å². The van der Waals surface area contributed by atoms with Crippen molar-refractivity contribution >= 4 is 21.9 Å². The van der Waals surface area contributed by atoms with Gasteiger partial charge in [0.2, 0.25) is 0 Å². The maximum atomic E-state index is 6.37. The van der Waals surface area contributed by atoms with Crippen LogP contribution in [0.25, 0.3) is 89.2 Å². The standard InChI is InChI=1S/C59H38N2O/c1-4-15-43(16-5-1)58-60-54(38-55(61-58)42-33-29-40(30-34-42)47-23-14-24-50-49-22-11-13-26-56(49)62-57(47)50)41-31-27-39(28-32-41)44-35-36-53-51(37-44)48-21-10-12-25-52(48)59(53,45-17-6-2-7-18-45)46-19-8-3-9-20-46/h1-38H. The highest BCUT2D eigenvalue weighted by Gasteiger charge is 2.45. The van der Waals surface area contributed by atoms with Crippen molar-refractivity contribution < 1.29 is 4.42 Å². The lowest BCUT2D eigenvalue weighted by Crippen LogP contribution is -2.28. The first kappa shape index (κ1) is 35.8. The van der Waals surface area contributed by atoms with E-state index in [9.17, 15) is 0 Å². The molecule has 0 atom stereocenters. The Hall–Kier alpha value is -8.14. The van der Waals surface area contributed by atoms with Crippen molar-refractivity contribution in [1.29, 1.82) is 0 Å². The number of aromatic nitrogens is 2. The summed E-state index contributed by atoms with van der Waals surface area (Å²) in [7, 11) is 0. The highest BCUT2D eigenvalue weighted by molar-refractivity contribution is 6.09. The zero-order chi connectivity index (χ0) is 41.0. The Kier molecular flexibility index (Phi) is 8.39. The molecule has 0 amide bonds. The molecule has 3 nitrogen and oxygen atoms in total. The molecule has 0 bridgehead atoms. The predicted molar refractivity (Wildman–Crippen MR) is 254 cm³/mol. The Morgan fingerprint density at radius 2 is 0.839 bits per heavy atom. The van der Waals surface area contributed by atoms with Gasteiger partial charge < -0.3 is 4.42 Å². The summed E-state index contributed by atoms with van der Waals surface area (Å²) in [6.45, 7) is 0. The van der Waals surface area contributed by atoms with E-state index >= 15 is 0 Å². The molecular weight excluding hydrogens is 753 g/mol. The first-order chi connectivity index (χ1) is 30.7. The van der Waals surface area contributed by atoms with Gasteiger partial charge >= 0.3 is 0 Å². The fraction of sp³-hybridized carbons (Fsp3) is 0.0169. The Balaban J connectivity index is 0.918. The van der Waals surface area contributed by atoms with E-state index in [0.29, 0.717) is 5.82 Å². The quantitative estimate of drug-likeness (QED) is 0.161. The molecule has 2 heterocycles. The number of rotatable bonds is 7. The van der Waals surface area contributed by atoms with Crippen molar-refractivity contribution in [3.8, 4) is 67.3 Å². The molecule has 0 spiro atoms. The van der Waals surface area contributed by atoms with E-state index in [2.05, 4.69) is 200 Å². The van der Waals surface area contributed by atoms with Crippen LogP contribution in [0.1, 0.15) is 22.3 Å². The van der Waals surface area contributed by atoms with Gasteiger partial charge in [0.05, 0.1) is 16.8 Å². The van der Waals surface area contributed by atoms with Crippen LogP contribution in [-0.4, -0.2) is 9.97 Å². The molecule has 1 aliphatic carbocycles. The van der Waals surface area contributed by atoms with Crippen molar-refractivity contribution in [2.45, 2.75) is 5.41 Å². The molecule has 3 heteroatoms. The second-order valence-electron chi connectivity index (χ2n) is 16.1. The number of nitrogens with zero attached hydrogens (tertiary/aromatic N) is 2. The van der Waals surface area contributed by atoms with Crippen LogP contribution >= 0.6 is 0 Å². The summed E-state index contributed by atoms with van der Waals surface area (Å²) in [5.41, 5.74) is 18.3. The maximum absolute atomic E-state index is 6.37. The lowest BCUT2D eigenvalue weighted by molar-refractivity contribution is 0.670. The van der Waals surface area contributed by atoms with Gasteiger partial charge in [-0.05, 0) is 68.3 Å². The Bertz CT molecular complexity index is 3390. The number of hydrogen-bond acceptors (Lipinski definition) is 3. The zero-order valence-corrected chi connectivity index (χ0v) is 33.7. The molecule has 0 saturated carbocycles. The van der Waals surface area contributed by atoms with Crippen LogP contribution < -0.4 is 0 Å². The van der Waals surface area contributed by atoms with Crippen LogP contribution in [-0.2, 0) is 5.41 Å². The Morgan fingerprint density at radius 1 is 0.323 bits per heavy atom. The zero-order valence-electron chi connectivity index (χ0n) is 33.7. The number of para-hydroxylation sites is 2. The molecular formula is C59H38N2O. The molecule has 2 aromatic heterocycles. The van der Waals surface area contributed by atoms with Gasteiger partial charge in [-0.1, -0.05) is 212 Å². The highest BCUT2D eigenvalue weighted by Crippen LogP contribution is 2.56. The molecule has 0 N–H and O–H groups in total. The number of furan rings is 1. The minimum atomic E-state index is -0.416. The first-order valence-electron chi connectivity index (χ1n) is 21.1. The fourth-order valence-electron chi connectivity index (χ4n) is 9.72. The molecule has 0 aliphatic heterocycles. The van der Waals surface area contributed by atoms with Crippen LogP contribution in [0.5, 0.6) is 0 Å². The Labute approximate surface area is 360 Å². The monoisotopic (exact) mass is 790 g/mol. The van der Waals surface area contributed by atoms with Crippen molar-refractivity contribution in [3.63, 3.8) is 0 Å². The number of fused-ring (bicyclic) bond motifs is 6. The van der Waals surface area contributed by atoms with Crippen LogP contribution in [0, 0.1) is 0 Å². The molecule has 290 valence electrons. The predicted octanol–water partition coefficient (Wildman–Crippen LogP) is 15.1. The van der Waals surface area contributed by atoms with Gasteiger partial charge in [0, 0.05) is 33.0 Å². The highest BCUT2D eigenvalue weighted by atomic mass is 16.3. The van der Waals surface area contributed by atoms with Gasteiger partial charge in [-0.3, -0.25) is 0 Å². The van der Waals surface area contributed by atoms with E-state index in [4.69, 9.17) is 14.4 Å². The summed E-state index contributed by atoms with van der Waals surface area (Å²) in [6, 6.07) is 82.2. The summed E-state index contributed by atoms with van der Waals surface area (Å²) in [4.78, 5) is 10.3. The average molecular weight is 791 g/mol. The van der Waals surface area contributed by atoms with Gasteiger partial charge in [0.25, 0.3) is 0 Å². The summed E-state index contributed by atoms with van der Waals surface area (Å²) in [6.07, 6.45) is 0. The molecule has 9 aromatic carbocycles. The number of hydrogen-bond donors (Lipinski definition) is 0. The lowest BCUT2D eigenvalue weighted by atomic mass is 9.67. The molecule has 0 saturated heterocycles. The van der Waals surface area contributed by atoms with E-state index in [1.165, 1.54) is 38.9 Å². The van der Waals surface area contributed by atoms with Gasteiger partial charge in [-0.25, -0.2) is 9.97 Å². The average Bonchev–Trinajstić information content (AvgIpc) is 3.89. The minimum Gasteiger partial charge on any atom is -0.455 e. The second kappa shape index (κ2) is 14.5. The van der Waals surface area contributed by atoms with Crippen molar-refractivity contribution in [3.05, 3.63) is 253 Å². The first-order valence-corrected chi connectivity index (χ1v) is 21.1. The topological polar surface area (TPSA) is 38.9 Å². The third-order valence-corrected chi connectivity index (χ3v) is 12.6. The molecule has 0 unspecified atom stereocenters. The van der Waals surface area contributed by atoms with Gasteiger partial charge in [-0.2, -0.15) is 0 Å². The fourth-order valence-corrected chi connectivity index (χ4v) is 9.72. The van der Waals surface area contributed by atoms with E-state index < -0.39 is 5.41 Å². The molecule has 62 heavy (non-hydrogen) atoms. The minimum absolute atomic E-state index is 0.416. The third kappa shape index (κ3) is 5.74. The van der Waals surface area contributed by atoms with E-state index in [1.807, 2.05) is 30.3 Å². The molecule has 1 aliphatic rings. The van der Waals surface area contributed by atoms with Gasteiger partial charge in [0.1, 0.15) is 11.2 Å². The van der Waals surface area contributed by atoms with Gasteiger partial charge in [0.15, 0.2) is 5.82 Å².